The summed E-state index contributed by atoms with van der Waals surface area (Å²) >= 11 is 5.93. The lowest BCUT2D eigenvalue weighted by Gasteiger charge is -2.47. The van der Waals surface area contributed by atoms with Gasteiger partial charge in [-0.3, -0.25) is 4.79 Å². The van der Waals surface area contributed by atoms with Gasteiger partial charge >= 0.3 is 5.63 Å². The third kappa shape index (κ3) is 5.16. The molecule has 1 N–H and O–H groups in total. The third-order valence-corrected chi connectivity index (χ3v) is 8.20. The highest BCUT2D eigenvalue weighted by atomic mass is 35.5. The fourth-order valence-corrected chi connectivity index (χ4v) is 5.81. The monoisotopic (exact) mass is 509 g/mol. The van der Waals surface area contributed by atoms with Crippen LogP contribution in [0.3, 0.4) is 0 Å². The molecule has 1 aliphatic carbocycles. The Balaban J connectivity index is 1.25. The summed E-state index contributed by atoms with van der Waals surface area (Å²) in [6, 6.07) is 12.9. The van der Waals surface area contributed by atoms with Crippen LogP contribution in [-0.2, 0) is 17.8 Å². The molecule has 5 rings (SSSR count). The number of rotatable bonds is 6. The first-order valence-electron chi connectivity index (χ1n) is 12.8. The van der Waals surface area contributed by atoms with Crippen molar-refractivity contribution < 1.29 is 19.1 Å². The number of fused-ring (bicyclic) bond motifs is 2. The van der Waals surface area contributed by atoms with Crippen LogP contribution < -0.4 is 10.4 Å². The molecule has 1 aromatic heterocycles. The van der Waals surface area contributed by atoms with Crippen molar-refractivity contribution in [3.8, 4) is 5.75 Å². The molecule has 1 saturated heterocycles. The molecule has 1 amide bonds. The van der Waals surface area contributed by atoms with Crippen LogP contribution in [0.15, 0.2) is 51.7 Å². The maximum Gasteiger partial charge on any atom is 0.339 e. The average Bonchev–Trinajstić information content (AvgIpc) is 2.87. The molecule has 2 atom stereocenters. The van der Waals surface area contributed by atoms with Gasteiger partial charge in [0.15, 0.2) is 0 Å². The van der Waals surface area contributed by atoms with Gasteiger partial charge in [0.1, 0.15) is 17.9 Å². The lowest BCUT2D eigenvalue weighted by molar-refractivity contribution is -0.143. The van der Waals surface area contributed by atoms with Crippen molar-refractivity contribution in [3.63, 3.8) is 0 Å². The molecule has 6 nitrogen and oxygen atoms in total. The first-order chi connectivity index (χ1) is 17.3. The van der Waals surface area contributed by atoms with E-state index in [0.29, 0.717) is 54.5 Å². The molecule has 190 valence electrons. The molecule has 0 bridgehead atoms. The van der Waals surface area contributed by atoms with Crippen LogP contribution >= 0.6 is 11.6 Å². The molecular formula is C29H32ClNO5. The number of aryl methyl sites for hydroxylation is 1. The lowest BCUT2D eigenvalue weighted by Crippen LogP contribution is -2.54. The van der Waals surface area contributed by atoms with Gasteiger partial charge in [-0.2, -0.15) is 0 Å². The Kier molecular flexibility index (Phi) is 7.09. The first kappa shape index (κ1) is 24.8. The standard InChI is InChI=1S/C29H32ClNO5/c1-19-24-10-9-23(35-18-20-5-7-22(30)8-6-20)16-26(24)36-28(33)25(19)11-12-27(32)31-15-14-29(34)13-3-2-4-21(29)17-31/h5-10,16,21,34H,2-4,11-15,17-18H2,1H3/t21-,29+/m1/s1. The van der Waals surface area contributed by atoms with Gasteiger partial charge in [0.25, 0.3) is 0 Å². The van der Waals surface area contributed by atoms with Crippen LogP contribution in [-0.4, -0.2) is 34.6 Å². The summed E-state index contributed by atoms with van der Waals surface area (Å²) in [5.41, 5.74) is 1.80. The zero-order valence-corrected chi connectivity index (χ0v) is 21.4. The molecule has 1 saturated carbocycles. The normalized spacial score (nSPS) is 21.9. The van der Waals surface area contributed by atoms with E-state index in [0.717, 1.165) is 42.2 Å². The summed E-state index contributed by atoms with van der Waals surface area (Å²) in [4.78, 5) is 27.7. The van der Waals surface area contributed by atoms with E-state index >= 15 is 0 Å². The van der Waals surface area contributed by atoms with Crippen molar-refractivity contribution in [2.45, 2.75) is 64.1 Å². The van der Waals surface area contributed by atoms with Crippen LogP contribution in [0.1, 0.15) is 55.2 Å². The fourth-order valence-electron chi connectivity index (χ4n) is 5.69. The molecule has 36 heavy (non-hydrogen) atoms. The average molecular weight is 510 g/mol. The number of hydrogen-bond donors (Lipinski definition) is 1. The minimum atomic E-state index is -0.609. The molecule has 0 spiro atoms. The summed E-state index contributed by atoms with van der Waals surface area (Å²) in [6.45, 7) is 3.46. The predicted octanol–water partition coefficient (Wildman–Crippen LogP) is 5.42. The highest BCUT2D eigenvalue weighted by Crippen LogP contribution is 2.40. The van der Waals surface area contributed by atoms with E-state index in [4.69, 9.17) is 20.8 Å². The van der Waals surface area contributed by atoms with Crippen LogP contribution in [0.5, 0.6) is 5.75 Å². The topological polar surface area (TPSA) is 80.0 Å². The van der Waals surface area contributed by atoms with E-state index in [2.05, 4.69) is 0 Å². The Bertz CT molecular complexity index is 1320. The summed E-state index contributed by atoms with van der Waals surface area (Å²) < 4.78 is 11.5. The summed E-state index contributed by atoms with van der Waals surface area (Å²) in [5, 5.41) is 12.4. The second-order valence-electron chi connectivity index (χ2n) is 10.2. The van der Waals surface area contributed by atoms with Crippen molar-refractivity contribution >= 4 is 28.5 Å². The number of carbonyl (C=O) groups excluding carboxylic acids is 1. The van der Waals surface area contributed by atoms with E-state index in [1.807, 2.05) is 48.2 Å². The molecule has 3 aromatic rings. The molecule has 1 aliphatic heterocycles. The molecule has 7 heteroatoms. The van der Waals surface area contributed by atoms with Gasteiger partial charge in [0.05, 0.1) is 5.60 Å². The number of aliphatic hydroxyl groups is 1. The second kappa shape index (κ2) is 10.3. The number of benzene rings is 2. The molecular weight excluding hydrogens is 478 g/mol. The van der Waals surface area contributed by atoms with Gasteiger partial charge in [0.2, 0.25) is 5.91 Å². The maximum absolute atomic E-state index is 13.0. The van der Waals surface area contributed by atoms with E-state index < -0.39 is 11.2 Å². The largest absolute Gasteiger partial charge is 0.489 e. The van der Waals surface area contributed by atoms with Gasteiger partial charge in [0, 0.05) is 47.5 Å². The third-order valence-electron chi connectivity index (χ3n) is 7.95. The minimum Gasteiger partial charge on any atom is -0.489 e. The van der Waals surface area contributed by atoms with Gasteiger partial charge in [-0.15, -0.1) is 0 Å². The van der Waals surface area contributed by atoms with E-state index in [1.165, 1.54) is 0 Å². The van der Waals surface area contributed by atoms with Crippen LogP contribution in [0.2, 0.25) is 5.02 Å². The second-order valence-corrected chi connectivity index (χ2v) is 10.6. The number of amides is 1. The minimum absolute atomic E-state index is 0.0347. The molecule has 2 aliphatic rings. The van der Waals surface area contributed by atoms with Crippen molar-refractivity contribution in [1.29, 1.82) is 0 Å². The summed E-state index contributed by atoms with van der Waals surface area (Å²) in [5.74, 6) is 0.802. The highest BCUT2D eigenvalue weighted by Gasteiger charge is 2.43. The Morgan fingerprint density at radius 3 is 2.81 bits per heavy atom. The highest BCUT2D eigenvalue weighted by molar-refractivity contribution is 6.30. The molecule has 0 unspecified atom stereocenters. The number of ether oxygens (including phenoxy) is 1. The fraction of sp³-hybridized carbons (Fsp3) is 0.448. The predicted molar refractivity (Wildman–Crippen MR) is 139 cm³/mol. The van der Waals surface area contributed by atoms with Crippen molar-refractivity contribution in [2.24, 2.45) is 5.92 Å². The van der Waals surface area contributed by atoms with E-state index in [1.54, 1.807) is 6.07 Å². The number of hydrogen-bond acceptors (Lipinski definition) is 5. The van der Waals surface area contributed by atoms with Gasteiger partial charge in [-0.25, -0.2) is 4.79 Å². The first-order valence-corrected chi connectivity index (χ1v) is 13.1. The zero-order chi connectivity index (χ0) is 25.3. The summed E-state index contributed by atoms with van der Waals surface area (Å²) in [7, 11) is 0. The number of halogens is 1. The Hall–Kier alpha value is -2.83. The van der Waals surface area contributed by atoms with E-state index in [9.17, 15) is 14.7 Å². The zero-order valence-electron chi connectivity index (χ0n) is 20.6. The Morgan fingerprint density at radius 1 is 1.19 bits per heavy atom. The van der Waals surface area contributed by atoms with Gasteiger partial charge in [-0.1, -0.05) is 36.6 Å². The van der Waals surface area contributed by atoms with Gasteiger partial charge < -0.3 is 19.2 Å². The number of piperidine rings is 1. The maximum atomic E-state index is 13.0. The van der Waals surface area contributed by atoms with Crippen molar-refractivity contribution in [2.75, 3.05) is 13.1 Å². The van der Waals surface area contributed by atoms with E-state index in [-0.39, 0.29) is 18.2 Å². The molecule has 2 heterocycles. The lowest BCUT2D eigenvalue weighted by atomic mass is 9.71. The molecule has 0 radical (unpaired) electrons. The van der Waals surface area contributed by atoms with Crippen LogP contribution in [0, 0.1) is 12.8 Å². The van der Waals surface area contributed by atoms with Gasteiger partial charge in [-0.05, 0) is 68.0 Å². The van der Waals surface area contributed by atoms with Crippen molar-refractivity contribution in [3.05, 3.63) is 74.6 Å². The van der Waals surface area contributed by atoms with Crippen LogP contribution in [0.4, 0.5) is 0 Å². The Morgan fingerprint density at radius 2 is 2.00 bits per heavy atom. The molecule has 2 aromatic carbocycles. The number of carbonyl (C=O) groups is 1. The van der Waals surface area contributed by atoms with Crippen molar-refractivity contribution in [1.82, 2.24) is 4.90 Å². The summed E-state index contributed by atoms with van der Waals surface area (Å²) in [6.07, 6.45) is 5.22. The molecule has 2 fully saturated rings. The van der Waals surface area contributed by atoms with Crippen LogP contribution in [0.25, 0.3) is 11.0 Å². The SMILES string of the molecule is Cc1c(CCC(=O)N2CC[C@@]3(O)CCCC[C@@H]3C2)c(=O)oc2cc(OCc3ccc(Cl)cc3)ccc12. The number of nitrogens with zero attached hydrogens (tertiary/aromatic N) is 1. The smallest absolute Gasteiger partial charge is 0.339 e. The Labute approximate surface area is 215 Å². The number of likely N-dealkylation sites (tertiary alicyclic amines) is 1. The quantitative estimate of drug-likeness (QED) is 0.449.